The van der Waals surface area contributed by atoms with Crippen molar-refractivity contribution in [1.82, 2.24) is 14.9 Å². The average Bonchev–Trinajstić information content (AvgIpc) is 2.75. The number of alkyl halides is 3. The minimum Gasteiger partial charge on any atom is -0.444 e. The van der Waals surface area contributed by atoms with Gasteiger partial charge >= 0.3 is 12.3 Å². The van der Waals surface area contributed by atoms with Gasteiger partial charge in [0.05, 0.1) is 17.0 Å². The predicted octanol–water partition coefficient (Wildman–Crippen LogP) is 6.11. The number of piperidine rings is 1. The Morgan fingerprint density at radius 1 is 1.23 bits per heavy atom. The van der Waals surface area contributed by atoms with Crippen molar-refractivity contribution >= 4 is 11.8 Å². The molecule has 190 valence electrons. The van der Waals surface area contributed by atoms with E-state index in [4.69, 9.17) is 9.57 Å². The summed E-state index contributed by atoms with van der Waals surface area (Å²) < 4.78 is 44.5. The van der Waals surface area contributed by atoms with E-state index in [-0.39, 0.29) is 23.8 Å². The van der Waals surface area contributed by atoms with Gasteiger partial charge in [-0.1, -0.05) is 11.2 Å². The molecule has 1 amide bonds. The van der Waals surface area contributed by atoms with E-state index in [1.807, 2.05) is 27.7 Å². The van der Waals surface area contributed by atoms with Crippen molar-refractivity contribution in [3.05, 3.63) is 53.1 Å². The molecule has 1 aliphatic heterocycles. The Balaban J connectivity index is 1.79. The third-order valence-electron chi connectivity index (χ3n) is 5.67. The molecule has 1 saturated heterocycles. The van der Waals surface area contributed by atoms with Gasteiger partial charge in [0.25, 0.3) is 0 Å². The van der Waals surface area contributed by atoms with Crippen molar-refractivity contribution in [3.63, 3.8) is 0 Å². The summed E-state index contributed by atoms with van der Waals surface area (Å²) in [4.78, 5) is 28.5. The van der Waals surface area contributed by atoms with Crippen LogP contribution in [0.2, 0.25) is 0 Å². The van der Waals surface area contributed by atoms with E-state index >= 15 is 0 Å². The molecule has 2 atom stereocenters. The van der Waals surface area contributed by atoms with Gasteiger partial charge in [-0.15, -0.1) is 0 Å². The molecule has 0 aliphatic carbocycles. The Bertz CT molecular complexity index is 1100. The van der Waals surface area contributed by atoms with Crippen LogP contribution in [0.25, 0.3) is 0 Å². The van der Waals surface area contributed by atoms with Crippen LogP contribution >= 0.6 is 0 Å². The molecule has 2 unspecified atom stereocenters. The van der Waals surface area contributed by atoms with Crippen LogP contribution in [0.4, 0.5) is 18.0 Å². The fourth-order valence-electron chi connectivity index (χ4n) is 3.99. The molecule has 2 heterocycles. The number of aryl methyl sites for hydroxylation is 1. The van der Waals surface area contributed by atoms with Gasteiger partial charge in [0, 0.05) is 30.3 Å². The summed E-state index contributed by atoms with van der Waals surface area (Å²) in [6, 6.07) is 4.48. The first-order valence-corrected chi connectivity index (χ1v) is 11.5. The summed E-state index contributed by atoms with van der Waals surface area (Å²) in [6.07, 6.45) is -1.81. The van der Waals surface area contributed by atoms with Crippen molar-refractivity contribution < 1.29 is 27.5 Å². The van der Waals surface area contributed by atoms with E-state index in [0.29, 0.717) is 36.5 Å². The highest BCUT2D eigenvalue weighted by Crippen LogP contribution is 2.34. The number of amides is 1. The minimum atomic E-state index is -4.47. The second kappa shape index (κ2) is 10.2. The summed E-state index contributed by atoms with van der Waals surface area (Å²) in [6.45, 7) is 11.5. The largest absolute Gasteiger partial charge is 0.444 e. The maximum absolute atomic E-state index is 13.0. The highest BCUT2D eigenvalue weighted by Gasteiger charge is 2.34. The second-order valence-electron chi connectivity index (χ2n) is 9.75. The maximum atomic E-state index is 13.0. The number of hydrogen-bond acceptors (Lipinski definition) is 6. The highest BCUT2D eigenvalue weighted by molar-refractivity contribution is 5.99. The van der Waals surface area contributed by atoms with Crippen molar-refractivity contribution in [2.75, 3.05) is 6.54 Å². The molecule has 0 spiro atoms. The van der Waals surface area contributed by atoms with E-state index < -0.39 is 17.3 Å². The van der Waals surface area contributed by atoms with Crippen LogP contribution in [0.5, 0.6) is 5.75 Å². The number of ether oxygens (including phenoxy) is 1. The molecule has 0 N–H and O–H groups in total. The molecule has 0 bridgehead atoms. The summed E-state index contributed by atoms with van der Waals surface area (Å²) >= 11 is 0. The van der Waals surface area contributed by atoms with Crippen LogP contribution in [0.15, 0.2) is 35.6 Å². The van der Waals surface area contributed by atoms with Gasteiger partial charge in [-0.25, -0.2) is 14.8 Å². The third kappa shape index (κ3) is 6.93. The smallest absolute Gasteiger partial charge is 0.416 e. The van der Waals surface area contributed by atoms with Crippen LogP contribution < -0.4 is 4.84 Å². The van der Waals surface area contributed by atoms with E-state index in [1.165, 1.54) is 12.1 Å². The molecule has 35 heavy (non-hydrogen) atoms. The van der Waals surface area contributed by atoms with E-state index in [9.17, 15) is 18.0 Å². The summed E-state index contributed by atoms with van der Waals surface area (Å²) in [7, 11) is 0. The number of nitrogens with zero attached hydrogens (tertiary/aromatic N) is 4. The van der Waals surface area contributed by atoms with Crippen molar-refractivity contribution in [2.45, 2.75) is 78.1 Å². The number of carbonyl (C=O) groups is 1. The quantitative estimate of drug-likeness (QED) is 0.380. The Morgan fingerprint density at radius 2 is 1.94 bits per heavy atom. The van der Waals surface area contributed by atoms with Crippen molar-refractivity contribution in [2.24, 2.45) is 5.16 Å². The molecule has 1 aromatic carbocycles. The van der Waals surface area contributed by atoms with E-state index in [2.05, 4.69) is 15.1 Å². The molecule has 2 aromatic rings. The van der Waals surface area contributed by atoms with Gasteiger partial charge < -0.3 is 14.5 Å². The fourth-order valence-corrected chi connectivity index (χ4v) is 3.99. The van der Waals surface area contributed by atoms with Crippen LogP contribution in [-0.2, 0) is 10.9 Å². The van der Waals surface area contributed by atoms with Crippen LogP contribution in [0, 0.1) is 6.92 Å². The highest BCUT2D eigenvalue weighted by atomic mass is 19.4. The Kier molecular flexibility index (Phi) is 7.71. The summed E-state index contributed by atoms with van der Waals surface area (Å²) in [5.41, 5.74) is 0.498. The zero-order valence-electron chi connectivity index (χ0n) is 20.8. The zero-order valence-corrected chi connectivity index (χ0v) is 20.8. The van der Waals surface area contributed by atoms with E-state index in [1.54, 1.807) is 24.9 Å². The number of likely N-dealkylation sites (tertiary alicyclic amines) is 1. The molecule has 3 rings (SSSR count). The van der Waals surface area contributed by atoms with Gasteiger partial charge in [0.15, 0.2) is 5.75 Å². The minimum absolute atomic E-state index is 0.0203. The van der Waals surface area contributed by atoms with Crippen molar-refractivity contribution in [1.29, 1.82) is 0 Å². The van der Waals surface area contributed by atoms with Gasteiger partial charge in [-0.3, -0.25) is 0 Å². The molecule has 7 nitrogen and oxygen atoms in total. The Labute approximate surface area is 203 Å². The van der Waals surface area contributed by atoms with Gasteiger partial charge in [-0.2, -0.15) is 13.2 Å². The Morgan fingerprint density at radius 3 is 2.57 bits per heavy atom. The molecule has 0 saturated carbocycles. The fraction of sp³-hybridized carbons (Fsp3) is 0.520. The van der Waals surface area contributed by atoms with Crippen LogP contribution in [0.3, 0.4) is 0 Å². The van der Waals surface area contributed by atoms with Crippen molar-refractivity contribution in [3.8, 4) is 5.75 Å². The number of benzene rings is 1. The Hall–Kier alpha value is -3.17. The molecule has 10 heteroatoms. The first-order chi connectivity index (χ1) is 16.2. The lowest BCUT2D eigenvalue weighted by Crippen LogP contribution is -2.46. The number of carbonyl (C=O) groups excluding carboxylic acids is 1. The van der Waals surface area contributed by atoms with E-state index in [0.717, 1.165) is 17.8 Å². The predicted molar refractivity (Wildman–Crippen MR) is 125 cm³/mol. The molecular formula is C25H31F3N4O3. The number of oxime groups is 1. The van der Waals surface area contributed by atoms with Crippen LogP contribution in [0.1, 0.15) is 76.0 Å². The number of rotatable bonds is 4. The topological polar surface area (TPSA) is 76.9 Å². The summed E-state index contributed by atoms with van der Waals surface area (Å²) in [5, 5.41) is 4.06. The lowest BCUT2D eigenvalue weighted by molar-refractivity contribution is -0.137. The molecule has 0 radical (unpaired) electrons. The van der Waals surface area contributed by atoms with Gasteiger partial charge in [0.1, 0.15) is 11.4 Å². The molecular weight excluding hydrogens is 461 g/mol. The normalized spacial score (nSPS) is 19.5. The van der Waals surface area contributed by atoms with Gasteiger partial charge in [0.2, 0.25) is 0 Å². The zero-order chi connectivity index (χ0) is 26.0. The van der Waals surface area contributed by atoms with Gasteiger partial charge in [-0.05, 0) is 72.6 Å². The maximum Gasteiger partial charge on any atom is 0.416 e. The number of aromatic nitrogens is 2. The third-order valence-corrected chi connectivity index (χ3v) is 5.67. The molecule has 1 aliphatic rings. The molecule has 1 fully saturated rings. The lowest BCUT2D eigenvalue weighted by Gasteiger charge is -2.38. The monoisotopic (exact) mass is 492 g/mol. The number of hydrogen-bond donors (Lipinski definition) is 0. The SMILES string of the molecule is CC(=NOc1cccc(C(F)(F)F)c1)c1cnc(C)nc1C1CCN(C(=O)OC(C)(C)C)C(C)C1. The second-order valence-corrected chi connectivity index (χ2v) is 9.75. The average molecular weight is 493 g/mol. The lowest BCUT2D eigenvalue weighted by atomic mass is 9.86. The standard InChI is InChI=1S/C25H31F3N4O3/c1-15-12-18(10-11-32(15)23(33)34-24(4,5)6)22-21(14-29-17(3)30-22)16(2)31-35-20-9-7-8-19(13-20)25(26,27)28/h7-9,13-15,18H,10-12H2,1-6H3. The van der Waals surface area contributed by atoms with Crippen LogP contribution in [-0.4, -0.2) is 44.9 Å². The number of halogens is 3. The first kappa shape index (κ1) is 26.4. The first-order valence-electron chi connectivity index (χ1n) is 11.5. The summed E-state index contributed by atoms with van der Waals surface area (Å²) in [5.74, 6) is 0.615. The molecule has 1 aromatic heterocycles.